The molecule has 0 fully saturated rings. The summed E-state index contributed by atoms with van der Waals surface area (Å²) in [5.74, 6) is 0.551. The van der Waals surface area contributed by atoms with E-state index in [0.29, 0.717) is 22.5 Å². The van der Waals surface area contributed by atoms with Crippen molar-refractivity contribution >= 4 is 10.9 Å². The van der Waals surface area contributed by atoms with Crippen LogP contribution in [0.4, 0.5) is 13.2 Å². The predicted octanol–water partition coefficient (Wildman–Crippen LogP) is 5.75. The van der Waals surface area contributed by atoms with Crippen molar-refractivity contribution in [3.63, 3.8) is 0 Å². The van der Waals surface area contributed by atoms with Crippen molar-refractivity contribution in [2.75, 3.05) is 0 Å². The SMILES string of the molecule is Cc1cc(-c2[nH]ncc2C)c2cccc(OCc3c(C)ccnc3Cn3cc(C(F)(F)F)ccc3=O)c2n1. The number of aromatic nitrogens is 5. The van der Waals surface area contributed by atoms with Crippen LogP contribution in [0.5, 0.6) is 5.75 Å². The second-order valence-electron chi connectivity index (χ2n) is 9.11. The minimum Gasteiger partial charge on any atom is -0.487 e. The summed E-state index contributed by atoms with van der Waals surface area (Å²) in [4.78, 5) is 21.4. The van der Waals surface area contributed by atoms with Crippen LogP contribution in [0.15, 0.2) is 65.8 Å². The second kappa shape index (κ2) is 9.77. The first-order chi connectivity index (χ1) is 18.1. The fourth-order valence-electron chi connectivity index (χ4n) is 4.41. The molecule has 0 aliphatic carbocycles. The molecule has 5 rings (SSSR count). The van der Waals surface area contributed by atoms with E-state index >= 15 is 0 Å². The summed E-state index contributed by atoms with van der Waals surface area (Å²) in [5.41, 5.74) is 4.86. The molecule has 0 spiro atoms. The second-order valence-corrected chi connectivity index (χ2v) is 9.11. The third-order valence-corrected chi connectivity index (χ3v) is 6.41. The average Bonchev–Trinajstić information content (AvgIpc) is 3.29. The number of hydrogen-bond acceptors (Lipinski definition) is 5. The lowest BCUT2D eigenvalue weighted by atomic mass is 10.0. The summed E-state index contributed by atoms with van der Waals surface area (Å²) < 4.78 is 46.9. The van der Waals surface area contributed by atoms with Gasteiger partial charge >= 0.3 is 6.18 Å². The van der Waals surface area contributed by atoms with E-state index in [1.165, 1.54) is 0 Å². The van der Waals surface area contributed by atoms with Crippen LogP contribution < -0.4 is 10.3 Å². The minimum atomic E-state index is -4.56. The molecule has 194 valence electrons. The van der Waals surface area contributed by atoms with E-state index < -0.39 is 17.3 Å². The molecule has 0 amide bonds. The molecule has 0 unspecified atom stereocenters. The first-order valence-electron chi connectivity index (χ1n) is 11.9. The van der Waals surface area contributed by atoms with E-state index in [4.69, 9.17) is 9.72 Å². The molecule has 0 atom stereocenters. The summed E-state index contributed by atoms with van der Waals surface area (Å²) >= 11 is 0. The number of pyridine rings is 3. The number of H-pyrrole nitrogens is 1. The maximum absolute atomic E-state index is 13.2. The van der Waals surface area contributed by atoms with Gasteiger partial charge < -0.3 is 9.30 Å². The van der Waals surface area contributed by atoms with Crippen LogP contribution in [0.3, 0.4) is 0 Å². The Labute approximate surface area is 216 Å². The molecule has 0 saturated heterocycles. The van der Waals surface area contributed by atoms with Gasteiger partial charge in [-0.2, -0.15) is 18.3 Å². The van der Waals surface area contributed by atoms with Crippen LogP contribution in [0.25, 0.3) is 22.2 Å². The van der Waals surface area contributed by atoms with Gasteiger partial charge in [-0.3, -0.25) is 14.9 Å². The fourth-order valence-corrected chi connectivity index (χ4v) is 4.41. The predicted molar refractivity (Wildman–Crippen MR) is 137 cm³/mol. The van der Waals surface area contributed by atoms with Crippen LogP contribution in [0.2, 0.25) is 0 Å². The molecule has 10 heteroatoms. The van der Waals surface area contributed by atoms with Gasteiger partial charge in [-0.25, -0.2) is 4.98 Å². The number of para-hydroxylation sites is 1. The van der Waals surface area contributed by atoms with Gasteiger partial charge in [0.05, 0.1) is 29.7 Å². The molecular formula is C28H24F3N5O2. The molecular weight excluding hydrogens is 495 g/mol. The Morgan fingerprint density at radius 2 is 1.87 bits per heavy atom. The first-order valence-corrected chi connectivity index (χ1v) is 11.9. The molecule has 0 aliphatic rings. The number of alkyl halides is 3. The number of benzene rings is 1. The summed E-state index contributed by atoms with van der Waals surface area (Å²) in [6, 6.07) is 11.1. The lowest BCUT2D eigenvalue weighted by Crippen LogP contribution is -2.23. The average molecular weight is 520 g/mol. The number of nitrogens with zero attached hydrogens (tertiary/aromatic N) is 4. The maximum atomic E-state index is 13.2. The fraction of sp³-hybridized carbons (Fsp3) is 0.214. The normalized spacial score (nSPS) is 11.7. The van der Waals surface area contributed by atoms with Crippen LogP contribution in [-0.4, -0.2) is 24.7 Å². The Morgan fingerprint density at radius 1 is 1.05 bits per heavy atom. The van der Waals surface area contributed by atoms with E-state index in [0.717, 1.165) is 56.4 Å². The lowest BCUT2D eigenvalue weighted by Gasteiger charge is -2.16. The molecule has 4 heterocycles. The number of fused-ring (bicyclic) bond motifs is 1. The molecule has 1 aromatic carbocycles. The Kier molecular flexibility index (Phi) is 6.48. The molecule has 0 saturated carbocycles. The van der Waals surface area contributed by atoms with Gasteiger partial charge in [0, 0.05) is 40.7 Å². The molecule has 0 aliphatic heterocycles. The van der Waals surface area contributed by atoms with Gasteiger partial charge in [-0.15, -0.1) is 0 Å². The van der Waals surface area contributed by atoms with Crippen molar-refractivity contribution in [1.82, 2.24) is 24.7 Å². The highest BCUT2D eigenvalue weighted by atomic mass is 19.4. The van der Waals surface area contributed by atoms with Crippen LogP contribution in [0.1, 0.15) is 33.6 Å². The van der Waals surface area contributed by atoms with Crippen molar-refractivity contribution in [2.24, 2.45) is 0 Å². The molecule has 38 heavy (non-hydrogen) atoms. The van der Waals surface area contributed by atoms with Gasteiger partial charge in [0.2, 0.25) is 0 Å². The maximum Gasteiger partial charge on any atom is 0.417 e. The zero-order valence-electron chi connectivity index (χ0n) is 20.9. The monoisotopic (exact) mass is 519 g/mol. The highest BCUT2D eigenvalue weighted by molar-refractivity contribution is 5.97. The lowest BCUT2D eigenvalue weighted by molar-refractivity contribution is -0.138. The van der Waals surface area contributed by atoms with Gasteiger partial charge in [-0.1, -0.05) is 12.1 Å². The van der Waals surface area contributed by atoms with Crippen molar-refractivity contribution in [2.45, 2.75) is 40.1 Å². The number of nitrogens with one attached hydrogen (secondary N) is 1. The summed E-state index contributed by atoms with van der Waals surface area (Å²) in [5, 5.41) is 8.08. The number of halogens is 3. The Hall–Kier alpha value is -4.47. The van der Waals surface area contributed by atoms with Gasteiger partial charge in [0.15, 0.2) is 0 Å². The van der Waals surface area contributed by atoms with E-state index in [1.54, 1.807) is 18.5 Å². The Morgan fingerprint density at radius 3 is 2.61 bits per heavy atom. The molecule has 0 radical (unpaired) electrons. The first kappa shape index (κ1) is 25.2. The van der Waals surface area contributed by atoms with Gasteiger partial charge in [0.1, 0.15) is 17.9 Å². The van der Waals surface area contributed by atoms with E-state index in [-0.39, 0.29) is 13.2 Å². The Balaban J connectivity index is 1.50. The number of rotatable bonds is 6. The van der Waals surface area contributed by atoms with E-state index in [1.807, 2.05) is 45.0 Å². The molecule has 1 N–H and O–H groups in total. The quantitative estimate of drug-likeness (QED) is 0.309. The zero-order chi connectivity index (χ0) is 27.0. The van der Waals surface area contributed by atoms with Crippen LogP contribution >= 0.6 is 0 Å². The Bertz CT molecular complexity index is 1710. The minimum absolute atomic E-state index is 0.0931. The van der Waals surface area contributed by atoms with Crippen molar-refractivity contribution in [3.8, 4) is 17.0 Å². The van der Waals surface area contributed by atoms with Gasteiger partial charge in [0.25, 0.3) is 5.56 Å². The van der Waals surface area contributed by atoms with Crippen molar-refractivity contribution < 1.29 is 17.9 Å². The molecule has 7 nitrogen and oxygen atoms in total. The number of ether oxygens (including phenoxy) is 1. The third kappa shape index (κ3) is 4.89. The number of aryl methyl sites for hydroxylation is 3. The standard InChI is InChI=1S/C28H24F3N5O2/c1-16-9-10-32-23(14-36-13-19(28(29,30)31)7-8-25(36)37)22(16)15-38-24-6-4-5-20-21(11-18(3)34-27(20)24)26-17(2)12-33-35-26/h4-13H,14-15H2,1-3H3,(H,33,35). The zero-order valence-corrected chi connectivity index (χ0v) is 20.9. The summed E-state index contributed by atoms with van der Waals surface area (Å²) in [6.07, 6.45) is -0.420. The van der Waals surface area contributed by atoms with Crippen molar-refractivity contribution in [3.05, 3.63) is 105 Å². The van der Waals surface area contributed by atoms with Gasteiger partial charge in [-0.05, 0) is 56.2 Å². The summed E-state index contributed by atoms with van der Waals surface area (Å²) in [6.45, 7) is 5.71. The highest BCUT2D eigenvalue weighted by Gasteiger charge is 2.31. The van der Waals surface area contributed by atoms with Crippen LogP contribution in [0, 0.1) is 20.8 Å². The topological polar surface area (TPSA) is 85.7 Å². The molecule has 4 aromatic heterocycles. The third-order valence-electron chi connectivity index (χ3n) is 6.41. The summed E-state index contributed by atoms with van der Waals surface area (Å²) in [7, 11) is 0. The number of hydrogen-bond donors (Lipinski definition) is 1. The largest absolute Gasteiger partial charge is 0.487 e. The number of aromatic amines is 1. The van der Waals surface area contributed by atoms with Crippen molar-refractivity contribution in [1.29, 1.82) is 0 Å². The van der Waals surface area contributed by atoms with Crippen LogP contribution in [-0.2, 0) is 19.3 Å². The smallest absolute Gasteiger partial charge is 0.417 e. The van der Waals surface area contributed by atoms with E-state index in [2.05, 4.69) is 15.2 Å². The van der Waals surface area contributed by atoms with E-state index in [9.17, 15) is 18.0 Å². The molecule has 5 aromatic rings. The molecule has 0 bridgehead atoms. The highest BCUT2D eigenvalue weighted by Crippen LogP contribution is 2.34.